The fourth-order valence-corrected chi connectivity index (χ4v) is 3.05. The summed E-state index contributed by atoms with van der Waals surface area (Å²) < 4.78 is 0. The average molecular weight is 215 g/mol. The molecular formula is C14H17NO. The maximum absolute atomic E-state index is 12.1. The van der Waals surface area contributed by atoms with E-state index >= 15 is 0 Å². The van der Waals surface area contributed by atoms with Crippen molar-refractivity contribution in [1.29, 1.82) is 0 Å². The lowest BCUT2D eigenvalue weighted by molar-refractivity contribution is -0.131. The van der Waals surface area contributed by atoms with Crippen molar-refractivity contribution in [1.82, 2.24) is 4.90 Å². The normalized spacial score (nSPS) is 30.4. The Hall–Kier alpha value is -1.31. The molecule has 2 heteroatoms. The van der Waals surface area contributed by atoms with E-state index in [-0.39, 0.29) is 5.41 Å². The maximum atomic E-state index is 12.1. The third-order valence-corrected chi connectivity index (χ3v) is 4.26. The Morgan fingerprint density at radius 2 is 2.00 bits per heavy atom. The van der Waals surface area contributed by atoms with Gasteiger partial charge < -0.3 is 4.90 Å². The second kappa shape index (κ2) is 3.09. The number of benzene rings is 1. The van der Waals surface area contributed by atoms with Crippen LogP contribution in [-0.4, -0.2) is 17.4 Å². The third kappa shape index (κ3) is 1.29. The molecule has 1 aromatic rings. The molecule has 0 unspecified atom stereocenters. The Kier molecular flexibility index (Phi) is 1.91. The van der Waals surface area contributed by atoms with Gasteiger partial charge in [-0.1, -0.05) is 44.2 Å². The van der Waals surface area contributed by atoms with Crippen LogP contribution in [0.15, 0.2) is 30.3 Å². The van der Waals surface area contributed by atoms with Gasteiger partial charge in [0.1, 0.15) is 0 Å². The van der Waals surface area contributed by atoms with E-state index in [1.165, 1.54) is 5.56 Å². The van der Waals surface area contributed by atoms with Gasteiger partial charge in [0.15, 0.2) is 0 Å². The molecule has 1 aromatic carbocycles. The second-order valence-corrected chi connectivity index (χ2v) is 5.61. The van der Waals surface area contributed by atoms with Crippen molar-refractivity contribution in [3.05, 3.63) is 35.9 Å². The van der Waals surface area contributed by atoms with E-state index in [0.29, 0.717) is 17.7 Å². The molecule has 2 aliphatic rings. The SMILES string of the molecule is CC1(C)[C@@H]2C(=O)N(Cc3ccccc3)C[C@@H]21. The predicted molar refractivity (Wildman–Crippen MR) is 62.6 cm³/mol. The van der Waals surface area contributed by atoms with E-state index in [0.717, 1.165) is 13.1 Å². The van der Waals surface area contributed by atoms with Gasteiger partial charge in [0.05, 0.1) is 0 Å². The van der Waals surface area contributed by atoms with Crippen LogP contribution in [0.3, 0.4) is 0 Å². The fourth-order valence-electron chi connectivity index (χ4n) is 3.05. The van der Waals surface area contributed by atoms with E-state index < -0.39 is 0 Å². The third-order valence-electron chi connectivity index (χ3n) is 4.26. The maximum Gasteiger partial charge on any atom is 0.226 e. The number of fused-ring (bicyclic) bond motifs is 1. The van der Waals surface area contributed by atoms with Crippen LogP contribution in [0.25, 0.3) is 0 Å². The van der Waals surface area contributed by atoms with E-state index in [2.05, 4.69) is 26.0 Å². The summed E-state index contributed by atoms with van der Waals surface area (Å²) in [5, 5.41) is 0. The molecule has 1 aliphatic heterocycles. The van der Waals surface area contributed by atoms with E-state index in [9.17, 15) is 4.79 Å². The molecule has 0 aromatic heterocycles. The van der Waals surface area contributed by atoms with Crippen molar-refractivity contribution in [2.24, 2.45) is 17.3 Å². The van der Waals surface area contributed by atoms with Crippen molar-refractivity contribution in [2.75, 3.05) is 6.54 Å². The van der Waals surface area contributed by atoms with Gasteiger partial charge in [-0.2, -0.15) is 0 Å². The molecule has 3 rings (SSSR count). The molecule has 0 N–H and O–H groups in total. The topological polar surface area (TPSA) is 20.3 Å². The number of carbonyl (C=O) groups excluding carboxylic acids is 1. The molecule has 1 amide bonds. The van der Waals surface area contributed by atoms with Crippen molar-refractivity contribution in [3.63, 3.8) is 0 Å². The predicted octanol–water partition coefficient (Wildman–Crippen LogP) is 2.30. The van der Waals surface area contributed by atoms with Crippen LogP contribution in [0, 0.1) is 17.3 Å². The lowest BCUT2D eigenvalue weighted by atomic mass is 10.1. The smallest absolute Gasteiger partial charge is 0.226 e. The lowest BCUT2D eigenvalue weighted by Crippen LogP contribution is -2.31. The molecular weight excluding hydrogens is 198 g/mol. The molecule has 0 radical (unpaired) electrons. The number of likely N-dealkylation sites (tertiary alicyclic amines) is 1. The van der Waals surface area contributed by atoms with Crippen molar-refractivity contribution in [2.45, 2.75) is 20.4 Å². The second-order valence-electron chi connectivity index (χ2n) is 5.61. The summed E-state index contributed by atoms with van der Waals surface area (Å²) in [6, 6.07) is 10.2. The zero-order valence-corrected chi connectivity index (χ0v) is 9.81. The van der Waals surface area contributed by atoms with E-state index in [1.807, 2.05) is 23.1 Å². The van der Waals surface area contributed by atoms with Crippen LogP contribution in [0.1, 0.15) is 19.4 Å². The first-order valence-corrected chi connectivity index (χ1v) is 5.93. The van der Waals surface area contributed by atoms with Crippen LogP contribution >= 0.6 is 0 Å². The lowest BCUT2D eigenvalue weighted by Gasteiger charge is -2.22. The first-order chi connectivity index (χ1) is 7.60. The number of hydrogen-bond donors (Lipinski definition) is 0. The summed E-state index contributed by atoms with van der Waals surface area (Å²) >= 11 is 0. The summed E-state index contributed by atoms with van der Waals surface area (Å²) in [6.45, 7) is 6.15. The summed E-state index contributed by atoms with van der Waals surface area (Å²) in [6.07, 6.45) is 0. The highest BCUT2D eigenvalue weighted by Gasteiger charge is 2.67. The Labute approximate surface area is 96.3 Å². The van der Waals surface area contributed by atoms with Gasteiger partial charge in [0.25, 0.3) is 0 Å². The molecule has 1 saturated heterocycles. The average Bonchev–Trinajstić information content (AvgIpc) is 2.62. The van der Waals surface area contributed by atoms with Gasteiger partial charge in [0.2, 0.25) is 5.91 Å². The number of piperidine rings is 1. The molecule has 1 saturated carbocycles. The van der Waals surface area contributed by atoms with Crippen LogP contribution in [0.4, 0.5) is 0 Å². The first kappa shape index (κ1) is 9.88. The van der Waals surface area contributed by atoms with Crippen LogP contribution in [0.2, 0.25) is 0 Å². The number of rotatable bonds is 2. The Morgan fingerprint density at radius 1 is 1.31 bits per heavy atom. The fraction of sp³-hybridized carbons (Fsp3) is 0.500. The highest BCUT2D eigenvalue weighted by molar-refractivity contribution is 5.86. The minimum absolute atomic E-state index is 0.268. The molecule has 0 spiro atoms. The van der Waals surface area contributed by atoms with Gasteiger partial charge >= 0.3 is 0 Å². The molecule has 0 bridgehead atoms. The molecule has 1 heterocycles. The summed E-state index contributed by atoms with van der Waals surface area (Å²) in [5.74, 6) is 1.26. The van der Waals surface area contributed by atoms with Crippen molar-refractivity contribution >= 4 is 5.91 Å². The molecule has 1 aliphatic carbocycles. The highest BCUT2D eigenvalue weighted by atomic mass is 16.2. The van der Waals surface area contributed by atoms with Gasteiger partial charge in [-0.15, -0.1) is 0 Å². The quantitative estimate of drug-likeness (QED) is 0.741. The zero-order valence-electron chi connectivity index (χ0n) is 9.81. The summed E-state index contributed by atoms with van der Waals surface area (Å²) in [5.41, 5.74) is 1.50. The van der Waals surface area contributed by atoms with Gasteiger partial charge in [-0.25, -0.2) is 0 Å². The van der Waals surface area contributed by atoms with Crippen molar-refractivity contribution < 1.29 is 4.79 Å². The zero-order chi connectivity index (χ0) is 11.3. The van der Waals surface area contributed by atoms with Crippen LogP contribution in [0.5, 0.6) is 0 Å². The summed E-state index contributed by atoms with van der Waals surface area (Å²) in [4.78, 5) is 14.1. The Morgan fingerprint density at radius 3 is 2.56 bits per heavy atom. The first-order valence-electron chi connectivity index (χ1n) is 5.93. The number of carbonyl (C=O) groups is 1. The standard InChI is InChI=1S/C14H17NO/c1-14(2)11-9-15(13(16)12(11)14)8-10-6-4-3-5-7-10/h3-7,11-12H,8-9H2,1-2H3/t11-,12-/m0/s1. The van der Waals surface area contributed by atoms with Crippen molar-refractivity contribution in [3.8, 4) is 0 Å². The molecule has 16 heavy (non-hydrogen) atoms. The molecule has 84 valence electrons. The van der Waals surface area contributed by atoms with Crippen LogP contribution in [-0.2, 0) is 11.3 Å². The van der Waals surface area contributed by atoms with Gasteiger partial charge in [-0.3, -0.25) is 4.79 Å². The minimum Gasteiger partial charge on any atom is -0.338 e. The Balaban J connectivity index is 1.70. The number of nitrogens with zero attached hydrogens (tertiary/aromatic N) is 1. The van der Waals surface area contributed by atoms with E-state index in [4.69, 9.17) is 0 Å². The minimum atomic E-state index is 0.268. The highest BCUT2D eigenvalue weighted by Crippen LogP contribution is 2.62. The number of amides is 1. The molecule has 2 fully saturated rings. The van der Waals surface area contributed by atoms with Crippen LogP contribution < -0.4 is 0 Å². The molecule has 2 nitrogen and oxygen atoms in total. The Bertz CT molecular complexity index is 424. The number of hydrogen-bond acceptors (Lipinski definition) is 1. The van der Waals surface area contributed by atoms with E-state index in [1.54, 1.807) is 0 Å². The van der Waals surface area contributed by atoms with Gasteiger partial charge in [0, 0.05) is 19.0 Å². The monoisotopic (exact) mass is 215 g/mol. The largest absolute Gasteiger partial charge is 0.338 e. The molecule has 2 atom stereocenters. The van der Waals surface area contributed by atoms with Gasteiger partial charge in [-0.05, 0) is 16.9 Å². The summed E-state index contributed by atoms with van der Waals surface area (Å²) in [7, 11) is 0.